The highest BCUT2D eigenvalue weighted by Crippen LogP contribution is 2.25. The number of fused-ring (bicyclic) bond motifs is 1. The summed E-state index contributed by atoms with van der Waals surface area (Å²) in [5, 5.41) is 0.638. The fourth-order valence-electron chi connectivity index (χ4n) is 2.53. The molecule has 22 heavy (non-hydrogen) atoms. The first-order chi connectivity index (χ1) is 10.6. The van der Waals surface area contributed by atoms with Crippen LogP contribution in [0, 0.1) is 0 Å². The molecular weight excluding hydrogens is 272 g/mol. The highest BCUT2D eigenvalue weighted by atomic mass is 16.3. The largest absolute Gasteiger partial charge is 0.456 e. The van der Waals surface area contributed by atoms with Crippen molar-refractivity contribution in [3.05, 3.63) is 82.5 Å². The van der Waals surface area contributed by atoms with Crippen LogP contribution in [0.1, 0.15) is 18.9 Å². The zero-order valence-corrected chi connectivity index (χ0v) is 12.6. The van der Waals surface area contributed by atoms with Crippen molar-refractivity contribution < 1.29 is 4.42 Å². The third-order valence-corrected chi connectivity index (χ3v) is 3.72. The maximum atomic E-state index is 12.4. The number of rotatable bonds is 4. The van der Waals surface area contributed by atoms with Gasteiger partial charge >= 0.3 is 0 Å². The molecule has 0 N–H and O–H groups in total. The Morgan fingerprint density at radius 3 is 2.59 bits per heavy atom. The van der Waals surface area contributed by atoms with Crippen LogP contribution in [0.3, 0.4) is 0 Å². The van der Waals surface area contributed by atoms with Crippen LogP contribution in [0.15, 0.2) is 76.0 Å². The average Bonchev–Trinajstić information content (AvgIpc) is 2.53. The lowest BCUT2D eigenvalue weighted by Gasteiger charge is -2.08. The second-order valence-electron chi connectivity index (χ2n) is 5.59. The van der Waals surface area contributed by atoms with Crippen molar-refractivity contribution in [2.24, 2.45) is 0 Å². The summed E-state index contributed by atoms with van der Waals surface area (Å²) in [6.07, 6.45) is 1.71. The van der Waals surface area contributed by atoms with Gasteiger partial charge in [0.2, 0.25) is 0 Å². The first-order valence-electron chi connectivity index (χ1n) is 7.41. The third kappa shape index (κ3) is 2.86. The zero-order valence-electron chi connectivity index (χ0n) is 12.6. The van der Waals surface area contributed by atoms with Crippen molar-refractivity contribution in [2.45, 2.75) is 19.8 Å². The fraction of sp³-hybridized carbons (Fsp3) is 0.150. The first kappa shape index (κ1) is 14.3. The Labute approximate surface area is 129 Å². The van der Waals surface area contributed by atoms with E-state index in [1.807, 2.05) is 55.5 Å². The van der Waals surface area contributed by atoms with E-state index in [2.05, 4.69) is 6.58 Å². The molecular formula is C20H18O2. The minimum Gasteiger partial charge on any atom is -0.456 e. The van der Waals surface area contributed by atoms with Gasteiger partial charge in [0.15, 0.2) is 5.43 Å². The summed E-state index contributed by atoms with van der Waals surface area (Å²) >= 11 is 0. The Morgan fingerprint density at radius 2 is 1.86 bits per heavy atom. The van der Waals surface area contributed by atoms with Gasteiger partial charge in [-0.15, -0.1) is 6.58 Å². The molecule has 0 spiro atoms. The fourth-order valence-corrected chi connectivity index (χ4v) is 2.53. The topological polar surface area (TPSA) is 30.2 Å². The van der Waals surface area contributed by atoms with E-state index in [9.17, 15) is 4.79 Å². The molecule has 0 saturated heterocycles. The van der Waals surface area contributed by atoms with Crippen LogP contribution in [0.4, 0.5) is 0 Å². The summed E-state index contributed by atoms with van der Waals surface area (Å²) in [7, 11) is 0. The van der Waals surface area contributed by atoms with E-state index in [1.54, 1.807) is 6.07 Å². The minimum absolute atomic E-state index is 0.00252. The molecule has 3 aromatic rings. The second kappa shape index (κ2) is 6.02. The quantitative estimate of drug-likeness (QED) is 0.635. The smallest absolute Gasteiger partial charge is 0.193 e. The van der Waals surface area contributed by atoms with Crippen LogP contribution >= 0.6 is 0 Å². The van der Waals surface area contributed by atoms with Gasteiger partial charge in [-0.3, -0.25) is 4.79 Å². The van der Waals surface area contributed by atoms with Crippen molar-refractivity contribution in [3.8, 4) is 11.3 Å². The average molecular weight is 290 g/mol. The van der Waals surface area contributed by atoms with Crippen LogP contribution < -0.4 is 5.43 Å². The van der Waals surface area contributed by atoms with E-state index in [1.165, 1.54) is 0 Å². The standard InChI is InChI=1S/C20H18O2/c1-14(2)11-12-16-9-6-10-17-18(21)13-19(22-20(16)17)15-7-4-3-5-8-15/h3-10,13H,1,11-12H2,2H3. The van der Waals surface area contributed by atoms with Gasteiger partial charge in [0.25, 0.3) is 0 Å². The van der Waals surface area contributed by atoms with Gasteiger partial charge in [0, 0.05) is 11.6 Å². The normalized spacial score (nSPS) is 10.8. The van der Waals surface area contributed by atoms with Crippen LogP contribution in [0.5, 0.6) is 0 Å². The summed E-state index contributed by atoms with van der Waals surface area (Å²) in [4.78, 5) is 12.4. The molecule has 1 heterocycles. The van der Waals surface area contributed by atoms with Gasteiger partial charge in [-0.25, -0.2) is 0 Å². The summed E-state index contributed by atoms with van der Waals surface area (Å²) in [6, 6.07) is 17.0. The number of hydrogen-bond donors (Lipinski definition) is 0. The van der Waals surface area contributed by atoms with Crippen LogP contribution in [0.25, 0.3) is 22.3 Å². The van der Waals surface area contributed by atoms with E-state index in [0.29, 0.717) is 16.7 Å². The second-order valence-corrected chi connectivity index (χ2v) is 5.59. The van der Waals surface area contributed by atoms with E-state index in [4.69, 9.17) is 4.42 Å². The number of aryl methyl sites for hydroxylation is 1. The van der Waals surface area contributed by atoms with Gasteiger partial charge in [-0.05, 0) is 31.4 Å². The van der Waals surface area contributed by atoms with Crippen LogP contribution in [-0.2, 0) is 6.42 Å². The Kier molecular flexibility index (Phi) is 3.92. The zero-order chi connectivity index (χ0) is 15.5. The van der Waals surface area contributed by atoms with E-state index in [-0.39, 0.29) is 5.43 Å². The summed E-state index contributed by atoms with van der Waals surface area (Å²) in [6.45, 7) is 5.95. The maximum absolute atomic E-state index is 12.4. The third-order valence-electron chi connectivity index (χ3n) is 3.72. The molecule has 2 aromatic carbocycles. The monoisotopic (exact) mass is 290 g/mol. The molecule has 0 bridgehead atoms. The van der Waals surface area contributed by atoms with Gasteiger partial charge in [-0.1, -0.05) is 48.0 Å². The Hall–Kier alpha value is -2.61. The SMILES string of the molecule is C=C(C)CCc1cccc2c(=O)cc(-c3ccccc3)oc12. The Bertz CT molecular complexity index is 873. The predicted octanol–water partition coefficient (Wildman–Crippen LogP) is 4.97. The lowest BCUT2D eigenvalue weighted by molar-refractivity contribution is 0.613. The molecule has 0 aliphatic carbocycles. The highest BCUT2D eigenvalue weighted by molar-refractivity contribution is 5.81. The number of benzene rings is 2. The van der Waals surface area contributed by atoms with E-state index >= 15 is 0 Å². The number of hydrogen-bond acceptors (Lipinski definition) is 2. The summed E-state index contributed by atoms with van der Waals surface area (Å²) in [5.41, 5.74) is 3.78. The minimum atomic E-state index is -0.00252. The molecule has 0 atom stereocenters. The molecule has 110 valence electrons. The van der Waals surface area contributed by atoms with Gasteiger partial charge in [-0.2, -0.15) is 0 Å². The van der Waals surface area contributed by atoms with Gasteiger partial charge in [0.05, 0.1) is 5.39 Å². The Balaban J connectivity index is 2.16. The summed E-state index contributed by atoms with van der Waals surface area (Å²) in [5.74, 6) is 0.612. The molecule has 0 fully saturated rings. The van der Waals surface area contributed by atoms with Gasteiger partial charge < -0.3 is 4.42 Å². The maximum Gasteiger partial charge on any atom is 0.193 e. The van der Waals surface area contributed by atoms with Crippen molar-refractivity contribution in [1.29, 1.82) is 0 Å². The summed E-state index contributed by atoms with van der Waals surface area (Å²) < 4.78 is 6.06. The van der Waals surface area contributed by atoms with E-state index in [0.717, 1.165) is 29.5 Å². The van der Waals surface area contributed by atoms with Gasteiger partial charge in [0.1, 0.15) is 11.3 Å². The molecule has 0 radical (unpaired) electrons. The van der Waals surface area contributed by atoms with Crippen LogP contribution in [0.2, 0.25) is 0 Å². The molecule has 0 aliphatic heterocycles. The van der Waals surface area contributed by atoms with E-state index < -0.39 is 0 Å². The molecule has 0 unspecified atom stereocenters. The lowest BCUT2D eigenvalue weighted by Crippen LogP contribution is -2.02. The van der Waals surface area contributed by atoms with Crippen molar-refractivity contribution in [1.82, 2.24) is 0 Å². The lowest BCUT2D eigenvalue weighted by atomic mass is 10.0. The Morgan fingerprint density at radius 1 is 1.09 bits per heavy atom. The molecule has 3 rings (SSSR count). The molecule has 2 heteroatoms. The predicted molar refractivity (Wildman–Crippen MR) is 91.1 cm³/mol. The molecule has 0 saturated carbocycles. The van der Waals surface area contributed by atoms with Crippen LogP contribution in [-0.4, -0.2) is 0 Å². The number of para-hydroxylation sites is 1. The highest BCUT2D eigenvalue weighted by Gasteiger charge is 2.10. The number of allylic oxidation sites excluding steroid dienone is 1. The van der Waals surface area contributed by atoms with Crippen molar-refractivity contribution >= 4 is 11.0 Å². The molecule has 0 aliphatic rings. The van der Waals surface area contributed by atoms with Crippen molar-refractivity contribution in [2.75, 3.05) is 0 Å². The molecule has 2 nitrogen and oxygen atoms in total. The first-order valence-corrected chi connectivity index (χ1v) is 7.41. The molecule has 0 amide bonds. The van der Waals surface area contributed by atoms with Crippen molar-refractivity contribution in [3.63, 3.8) is 0 Å². The molecule has 1 aromatic heterocycles.